The second-order valence-corrected chi connectivity index (χ2v) is 5.38. The summed E-state index contributed by atoms with van der Waals surface area (Å²) in [7, 11) is 0. The van der Waals surface area contributed by atoms with Crippen molar-refractivity contribution in [2.45, 2.75) is 40.2 Å². The van der Waals surface area contributed by atoms with Crippen LogP contribution >= 0.6 is 0 Å². The number of benzene rings is 1. The first-order chi connectivity index (χ1) is 9.81. The molecule has 116 valence electrons. The first-order valence-corrected chi connectivity index (χ1v) is 7.02. The number of ether oxygens (including phenoxy) is 1. The molecule has 0 heterocycles. The molecule has 0 aliphatic carbocycles. The van der Waals surface area contributed by atoms with Crippen LogP contribution in [0.3, 0.4) is 0 Å². The van der Waals surface area contributed by atoms with E-state index in [0.717, 1.165) is 16.9 Å². The van der Waals surface area contributed by atoms with Crippen molar-refractivity contribution < 1.29 is 19.4 Å². The average molecular weight is 293 g/mol. The Bertz CT molecular complexity index is 511. The van der Waals surface area contributed by atoms with E-state index in [4.69, 9.17) is 9.84 Å². The normalized spacial score (nSPS) is 10.5. The molecule has 0 aliphatic heterocycles. The van der Waals surface area contributed by atoms with Crippen molar-refractivity contribution in [3.63, 3.8) is 0 Å². The van der Waals surface area contributed by atoms with Crippen LogP contribution in [-0.4, -0.2) is 41.1 Å². The summed E-state index contributed by atoms with van der Waals surface area (Å²) >= 11 is 0. The van der Waals surface area contributed by atoms with Crippen molar-refractivity contribution in [2.24, 2.45) is 0 Å². The zero-order valence-corrected chi connectivity index (χ0v) is 13.0. The summed E-state index contributed by atoms with van der Waals surface area (Å²) in [4.78, 5) is 24.2. The smallest absolute Gasteiger partial charge is 0.323 e. The molecular formula is C16H23NO4. The van der Waals surface area contributed by atoms with Crippen LogP contribution in [0.15, 0.2) is 18.2 Å². The van der Waals surface area contributed by atoms with Crippen LogP contribution < -0.4 is 4.74 Å². The number of hydrogen-bond donors (Lipinski definition) is 1. The highest BCUT2D eigenvalue weighted by Crippen LogP contribution is 2.19. The van der Waals surface area contributed by atoms with Gasteiger partial charge in [-0.2, -0.15) is 0 Å². The van der Waals surface area contributed by atoms with Gasteiger partial charge >= 0.3 is 5.97 Å². The molecule has 0 aromatic heterocycles. The molecule has 0 atom stereocenters. The largest absolute Gasteiger partial charge is 0.493 e. The van der Waals surface area contributed by atoms with Crippen LogP contribution in [-0.2, 0) is 9.59 Å². The summed E-state index contributed by atoms with van der Waals surface area (Å²) in [6, 6.07) is 5.75. The summed E-state index contributed by atoms with van der Waals surface area (Å²) in [5, 5.41) is 8.83. The van der Waals surface area contributed by atoms with E-state index in [1.807, 2.05) is 32.0 Å². The number of rotatable bonds is 7. The fourth-order valence-corrected chi connectivity index (χ4v) is 1.96. The summed E-state index contributed by atoms with van der Waals surface area (Å²) in [6.45, 7) is 7.48. The van der Waals surface area contributed by atoms with Gasteiger partial charge in [-0.15, -0.1) is 0 Å². The monoisotopic (exact) mass is 293 g/mol. The van der Waals surface area contributed by atoms with Gasteiger partial charge in [0.2, 0.25) is 5.91 Å². The molecule has 0 bridgehead atoms. The fourth-order valence-electron chi connectivity index (χ4n) is 1.96. The minimum Gasteiger partial charge on any atom is -0.493 e. The molecule has 1 amide bonds. The van der Waals surface area contributed by atoms with Crippen molar-refractivity contribution in [3.8, 4) is 5.75 Å². The predicted molar refractivity (Wildman–Crippen MR) is 80.5 cm³/mol. The maximum Gasteiger partial charge on any atom is 0.323 e. The van der Waals surface area contributed by atoms with Gasteiger partial charge in [0.05, 0.1) is 13.0 Å². The molecule has 0 aliphatic rings. The van der Waals surface area contributed by atoms with E-state index in [1.54, 1.807) is 13.8 Å². The van der Waals surface area contributed by atoms with Crippen LogP contribution in [0.4, 0.5) is 0 Å². The van der Waals surface area contributed by atoms with E-state index in [0.29, 0.717) is 0 Å². The zero-order valence-electron chi connectivity index (χ0n) is 13.0. The molecule has 5 heteroatoms. The Kier molecular flexibility index (Phi) is 6.21. The quantitative estimate of drug-likeness (QED) is 0.838. The van der Waals surface area contributed by atoms with Gasteiger partial charge < -0.3 is 14.7 Å². The lowest BCUT2D eigenvalue weighted by atomic mass is 10.1. The molecule has 0 radical (unpaired) electrons. The van der Waals surface area contributed by atoms with Gasteiger partial charge in [0, 0.05) is 6.04 Å². The van der Waals surface area contributed by atoms with Crippen molar-refractivity contribution >= 4 is 11.9 Å². The molecule has 0 unspecified atom stereocenters. The molecule has 1 aromatic rings. The Morgan fingerprint density at radius 1 is 1.29 bits per heavy atom. The second-order valence-electron chi connectivity index (χ2n) is 5.38. The number of carboxylic acid groups (broad SMARTS) is 1. The molecule has 0 saturated carbocycles. The number of aliphatic carboxylic acids is 1. The van der Waals surface area contributed by atoms with Gasteiger partial charge in [-0.25, -0.2) is 0 Å². The lowest BCUT2D eigenvalue weighted by Crippen LogP contribution is -2.41. The van der Waals surface area contributed by atoms with Crippen LogP contribution in [0.2, 0.25) is 0 Å². The third-order valence-corrected chi connectivity index (χ3v) is 3.17. The summed E-state index contributed by atoms with van der Waals surface area (Å²) < 4.78 is 5.63. The number of carboxylic acids is 1. The predicted octanol–water partition coefficient (Wildman–Crippen LogP) is 2.39. The molecule has 0 fully saturated rings. The Balaban J connectivity index is 2.55. The lowest BCUT2D eigenvalue weighted by Gasteiger charge is -2.25. The number of aryl methyl sites for hydroxylation is 2. The van der Waals surface area contributed by atoms with Gasteiger partial charge in [0.15, 0.2) is 0 Å². The van der Waals surface area contributed by atoms with E-state index >= 15 is 0 Å². The standard InChI is InChI=1S/C16H23NO4/c1-11(2)17(10-16(19)20)15(18)7-8-21-14-9-12(3)5-6-13(14)4/h5-6,9,11H,7-8,10H2,1-4H3,(H,19,20). The van der Waals surface area contributed by atoms with Gasteiger partial charge in [-0.3, -0.25) is 9.59 Å². The highest BCUT2D eigenvalue weighted by Gasteiger charge is 2.19. The highest BCUT2D eigenvalue weighted by molar-refractivity contribution is 5.81. The van der Waals surface area contributed by atoms with Gasteiger partial charge in [0.1, 0.15) is 12.3 Å². The van der Waals surface area contributed by atoms with Crippen molar-refractivity contribution in [1.29, 1.82) is 0 Å². The van der Waals surface area contributed by atoms with Gasteiger partial charge in [-0.1, -0.05) is 12.1 Å². The third kappa shape index (κ3) is 5.45. The molecule has 0 spiro atoms. The number of nitrogens with zero attached hydrogens (tertiary/aromatic N) is 1. The minimum atomic E-state index is -1.01. The number of hydrogen-bond acceptors (Lipinski definition) is 3. The Hall–Kier alpha value is -2.04. The van der Waals surface area contributed by atoms with Gasteiger partial charge in [-0.05, 0) is 44.9 Å². The highest BCUT2D eigenvalue weighted by atomic mass is 16.5. The average Bonchev–Trinajstić information content (AvgIpc) is 2.39. The maximum atomic E-state index is 12.0. The Morgan fingerprint density at radius 2 is 1.95 bits per heavy atom. The van der Waals surface area contributed by atoms with E-state index in [1.165, 1.54) is 4.90 Å². The molecular weight excluding hydrogens is 270 g/mol. The van der Waals surface area contributed by atoms with Crippen molar-refractivity contribution in [1.82, 2.24) is 4.90 Å². The SMILES string of the molecule is Cc1ccc(C)c(OCCC(=O)N(CC(=O)O)C(C)C)c1. The maximum absolute atomic E-state index is 12.0. The fraction of sp³-hybridized carbons (Fsp3) is 0.500. The topological polar surface area (TPSA) is 66.8 Å². The second kappa shape index (κ2) is 7.67. The third-order valence-electron chi connectivity index (χ3n) is 3.17. The van der Waals surface area contributed by atoms with Crippen molar-refractivity contribution in [2.75, 3.05) is 13.2 Å². The van der Waals surface area contributed by atoms with Crippen LogP contribution in [0, 0.1) is 13.8 Å². The zero-order chi connectivity index (χ0) is 16.0. The molecule has 5 nitrogen and oxygen atoms in total. The summed E-state index contributed by atoms with van der Waals surface area (Å²) in [5.74, 6) is -0.456. The minimum absolute atomic E-state index is 0.144. The molecule has 21 heavy (non-hydrogen) atoms. The Labute approximate surface area is 125 Å². The molecule has 0 saturated heterocycles. The van der Waals surface area contributed by atoms with E-state index < -0.39 is 5.97 Å². The first kappa shape index (κ1) is 17.0. The number of amides is 1. The van der Waals surface area contributed by atoms with E-state index in [-0.39, 0.29) is 31.5 Å². The molecule has 1 aromatic carbocycles. The Morgan fingerprint density at radius 3 is 2.52 bits per heavy atom. The number of carbonyl (C=O) groups is 2. The lowest BCUT2D eigenvalue weighted by molar-refractivity contribution is -0.146. The summed E-state index contributed by atoms with van der Waals surface area (Å²) in [6.07, 6.45) is 0.166. The van der Waals surface area contributed by atoms with E-state index in [9.17, 15) is 9.59 Å². The van der Waals surface area contributed by atoms with Crippen LogP contribution in [0.5, 0.6) is 5.75 Å². The summed E-state index contributed by atoms with van der Waals surface area (Å²) in [5.41, 5.74) is 2.11. The van der Waals surface area contributed by atoms with Gasteiger partial charge in [0.25, 0.3) is 0 Å². The van der Waals surface area contributed by atoms with Crippen molar-refractivity contribution in [3.05, 3.63) is 29.3 Å². The molecule has 1 rings (SSSR count). The number of carbonyl (C=O) groups excluding carboxylic acids is 1. The van der Waals surface area contributed by atoms with Crippen LogP contribution in [0.1, 0.15) is 31.4 Å². The molecule has 1 N–H and O–H groups in total. The first-order valence-electron chi connectivity index (χ1n) is 7.02. The van der Waals surface area contributed by atoms with E-state index in [2.05, 4.69) is 0 Å². The van der Waals surface area contributed by atoms with Crippen LogP contribution in [0.25, 0.3) is 0 Å².